The van der Waals surface area contributed by atoms with E-state index in [1.54, 1.807) is 7.05 Å². The molecule has 2 N–H and O–H groups in total. The van der Waals surface area contributed by atoms with Crippen molar-refractivity contribution < 1.29 is 4.79 Å². The second-order valence-electron chi connectivity index (χ2n) is 3.09. The standard InChI is InChI=1S/C8H16N2O/c1-9-8(11)5-7-3-2-4-10-6-7/h7,10H,2-6H2,1H3,(H,9,11)/t7-/m0/s1. The highest BCUT2D eigenvalue weighted by molar-refractivity contribution is 5.75. The van der Waals surface area contributed by atoms with Crippen LogP contribution in [0, 0.1) is 5.92 Å². The summed E-state index contributed by atoms with van der Waals surface area (Å²) in [6, 6.07) is 0. The summed E-state index contributed by atoms with van der Waals surface area (Å²) in [5, 5.41) is 5.93. The maximum atomic E-state index is 10.9. The molecule has 0 aromatic carbocycles. The van der Waals surface area contributed by atoms with Gasteiger partial charge in [0.15, 0.2) is 0 Å². The first-order chi connectivity index (χ1) is 5.33. The Morgan fingerprint density at radius 3 is 3.09 bits per heavy atom. The van der Waals surface area contributed by atoms with E-state index in [4.69, 9.17) is 0 Å². The lowest BCUT2D eigenvalue weighted by atomic mass is 9.96. The van der Waals surface area contributed by atoms with Crippen LogP contribution in [0.1, 0.15) is 19.3 Å². The van der Waals surface area contributed by atoms with Gasteiger partial charge in [0.1, 0.15) is 0 Å². The van der Waals surface area contributed by atoms with Crippen LogP contribution < -0.4 is 10.6 Å². The van der Waals surface area contributed by atoms with Crippen LogP contribution in [0.2, 0.25) is 0 Å². The summed E-state index contributed by atoms with van der Waals surface area (Å²) >= 11 is 0. The number of amides is 1. The summed E-state index contributed by atoms with van der Waals surface area (Å²) in [7, 11) is 1.69. The third-order valence-corrected chi connectivity index (χ3v) is 2.15. The molecule has 3 nitrogen and oxygen atoms in total. The van der Waals surface area contributed by atoms with Gasteiger partial charge in [-0.05, 0) is 31.8 Å². The quantitative estimate of drug-likeness (QED) is 0.596. The monoisotopic (exact) mass is 156 g/mol. The van der Waals surface area contributed by atoms with Crippen molar-refractivity contribution in [1.82, 2.24) is 10.6 Å². The zero-order valence-corrected chi connectivity index (χ0v) is 7.02. The van der Waals surface area contributed by atoms with Crippen LogP contribution in [0.3, 0.4) is 0 Å². The van der Waals surface area contributed by atoms with Crippen LogP contribution in [0.25, 0.3) is 0 Å². The summed E-state index contributed by atoms with van der Waals surface area (Å²) in [5.74, 6) is 0.724. The van der Waals surface area contributed by atoms with E-state index in [-0.39, 0.29) is 5.91 Å². The number of carbonyl (C=O) groups is 1. The highest BCUT2D eigenvalue weighted by Gasteiger charge is 2.15. The van der Waals surface area contributed by atoms with Crippen molar-refractivity contribution in [1.29, 1.82) is 0 Å². The Hall–Kier alpha value is -0.570. The first kappa shape index (κ1) is 8.53. The van der Waals surface area contributed by atoms with E-state index in [2.05, 4.69) is 10.6 Å². The van der Waals surface area contributed by atoms with Crippen LogP contribution in [0.4, 0.5) is 0 Å². The lowest BCUT2D eigenvalue weighted by Gasteiger charge is -2.21. The molecule has 0 unspecified atom stereocenters. The highest BCUT2D eigenvalue weighted by Crippen LogP contribution is 2.13. The van der Waals surface area contributed by atoms with Crippen molar-refractivity contribution in [3.63, 3.8) is 0 Å². The Kier molecular flexibility index (Phi) is 3.36. The Bertz CT molecular complexity index is 130. The first-order valence-corrected chi connectivity index (χ1v) is 4.24. The Morgan fingerprint density at radius 1 is 1.73 bits per heavy atom. The largest absolute Gasteiger partial charge is 0.359 e. The minimum atomic E-state index is 0.165. The second-order valence-corrected chi connectivity index (χ2v) is 3.09. The maximum Gasteiger partial charge on any atom is 0.220 e. The van der Waals surface area contributed by atoms with Crippen molar-refractivity contribution in [3.05, 3.63) is 0 Å². The third kappa shape index (κ3) is 2.89. The van der Waals surface area contributed by atoms with Gasteiger partial charge in [-0.15, -0.1) is 0 Å². The van der Waals surface area contributed by atoms with E-state index in [1.165, 1.54) is 12.8 Å². The van der Waals surface area contributed by atoms with Gasteiger partial charge in [-0.1, -0.05) is 0 Å². The third-order valence-electron chi connectivity index (χ3n) is 2.15. The molecule has 0 aromatic rings. The fourth-order valence-corrected chi connectivity index (χ4v) is 1.46. The fraction of sp³-hybridized carbons (Fsp3) is 0.875. The molecule has 1 aliphatic heterocycles. The summed E-state index contributed by atoms with van der Waals surface area (Å²) in [4.78, 5) is 10.9. The molecule has 0 aromatic heterocycles. The van der Waals surface area contributed by atoms with E-state index in [1.807, 2.05) is 0 Å². The van der Waals surface area contributed by atoms with Gasteiger partial charge in [0.05, 0.1) is 0 Å². The lowest BCUT2D eigenvalue weighted by molar-refractivity contribution is -0.121. The molecule has 1 atom stereocenters. The minimum Gasteiger partial charge on any atom is -0.359 e. The average Bonchev–Trinajstić information content (AvgIpc) is 2.06. The lowest BCUT2D eigenvalue weighted by Crippen LogP contribution is -2.33. The molecule has 3 heteroatoms. The Labute approximate surface area is 67.5 Å². The van der Waals surface area contributed by atoms with E-state index in [9.17, 15) is 4.79 Å². The fourth-order valence-electron chi connectivity index (χ4n) is 1.46. The molecule has 0 radical (unpaired) electrons. The molecule has 1 heterocycles. The van der Waals surface area contributed by atoms with E-state index < -0.39 is 0 Å². The van der Waals surface area contributed by atoms with Crippen LogP contribution >= 0.6 is 0 Å². The zero-order chi connectivity index (χ0) is 8.10. The number of piperidine rings is 1. The first-order valence-electron chi connectivity index (χ1n) is 4.24. The van der Waals surface area contributed by atoms with Crippen LogP contribution in [-0.4, -0.2) is 26.0 Å². The zero-order valence-electron chi connectivity index (χ0n) is 7.02. The summed E-state index contributed by atoms with van der Waals surface area (Å²) in [6.07, 6.45) is 3.09. The molecule has 1 amide bonds. The van der Waals surface area contributed by atoms with Crippen molar-refractivity contribution >= 4 is 5.91 Å². The van der Waals surface area contributed by atoms with Crippen molar-refractivity contribution in [3.8, 4) is 0 Å². The van der Waals surface area contributed by atoms with Crippen LogP contribution in [0.15, 0.2) is 0 Å². The van der Waals surface area contributed by atoms with E-state index >= 15 is 0 Å². The molecule has 64 valence electrons. The molecule has 0 saturated carbocycles. The van der Waals surface area contributed by atoms with E-state index in [0.717, 1.165) is 13.1 Å². The molecule has 1 aliphatic rings. The van der Waals surface area contributed by atoms with Gasteiger partial charge in [0, 0.05) is 13.5 Å². The predicted molar refractivity (Wildman–Crippen MR) is 44.3 cm³/mol. The van der Waals surface area contributed by atoms with Crippen molar-refractivity contribution in [2.45, 2.75) is 19.3 Å². The maximum absolute atomic E-state index is 10.9. The molecule has 0 bridgehead atoms. The Balaban J connectivity index is 2.19. The topological polar surface area (TPSA) is 41.1 Å². The van der Waals surface area contributed by atoms with Crippen LogP contribution in [0.5, 0.6) is 0 Å². The molecule has 1 saturated heterocycles. The van der Waals surface area contributed by atoms with Gasteiger partial charge >= 0.3 is 0 Å². The van der Waals surface area contributed by atoms with Gasteiger partial charge < -0.3 is 10.6 Å². The number of carbonyl (C=O) groups excluding carboxylic acids is 1. The van der Waals surface area contributed by atoms with Crippen molar-refractivity contribution in [2.24, 2.45) is 5.92 Å². The number of rotatable bonds is 2. The minimum absolute atomic E-state index is 0.165. The molecular weight excluding hydrogens is 140 g/mol. The number of hydrogen-bond acceptors (Lipinski definition) is 2. The Morgan fingerprint density at radius 2 is 2.55 bits per heavy atom. The highest BCUT2D eigenvalue weighted by atomic mass is 16.1. The van der Waals surface area contributed by atoms with E-state index in [0.29, 0.717) is 12.3 Å². The molecule has 0 aliphatic carbocycles. The molecular formula is C8H16N2O. The molecule has 0 spiro atoms. The second kappa shape index (κ2) is 4.34. The average molecular weight is 156 g/mol. The van der Waals surface area contributed by atoms with Gasteiger partial charge in [-0.25, -0.2) is 0 Å². The van der Waals surface area contributed by atoms with Crippen molar-refractivity contribution in [2.75, 3.05) is 20.1 Å². The molecule has 11 heavy (non-hydrogen) atoms. The normalized spacial score (nSPS) is 24.6. The summed E-state index contributed by atoms with van der Waals surface area (Å²) in [5.41, 5.74) is 0. The SMILES string of the molecule is CNC(=O)C[C@@H]1CCCNC1. The summed E-state index contributed by atoms with van der Waals surface area (Å²) < 4.78 is 0. The smallest absolute Gasteiger partial charge is 0.220 e. The number of nitrogens with one attached hydrogen (secondary N) is 2. The van der Waals surface area contributed by atoms with Gasteiger partial charge in [0.2, 0.25) is 5.91 Å². The predicted octanol–water partition coefficient (Wildman–Crippen LogP) is 0.122. The van der Waals surface area contributed by atoms with Crippen LogP contribution in [-0.2, 0) is 4.79 Å². The number of hydrogen-bond donors (Lipinski definition) is 2. The summed E-state index contributed by atoms with van der Waals surface area (Å²) in [6.45, 7) is 2.12. The van der Waals surface area contributed by atoms with Gasteiger partial charge in [0.25, 0.3) is 0 Å². The molecule has 1 rings (SSSR count). The van der Waals surface area contributed by atoms with Gasteiger partial charge in [-0.3, -0.25) is 4.79 Å². The van der Waals surface area contributed by atoms with Gasteiger partial charge in [-0.2, -0.15) is 0 Å². The molecule has 1 fully saturated rings.